The van der Waals surface area contributed by atoms with Crippen molar-refractivity contribution in [1.29, 1.82) is 0 Å². The summed E-state index contributed by atoms with van der Waals surface area (Å²) in [6, 6.07) is 10.3. The summed E-state index contributed by atoms with van der Waals surface area (Å²) < 4.78 is 1.70. The molecule has 2 aromatic heterocycles. The highest BCUT2D eigenvalue weighted by atomic mass is 32.1. The van der Waals surface area contributed by atoms with Crippen LogP contribution in [0.25, 0.3) is 11.0 Å². The summed E-state index contributed by atoms with van der Waals surface area (Å²) in [5, 5.41) is 13.2. The maximum Gasteiger partial charge on any atom is 0.284 e. The lowest BCUT2D eigenvalue weighted by Gasteiger charge is -2.33. The molecule has 0 spiro atoms. The van der Waals surface area contributed by atoms with E-state index in [1.807, 2.05) is 36.9 Å². The second kappa shape index (κ2) is 8.20. The minimum Gasteiger partial charge on any atom is -0.334 e. The van der Waals surface area contributed by atoms with E-state index in [1.165, 1.54) is 16.9 Å². The minimum atomic E-state index is -0.00955. The van der Waals surface area contributed by atoms with Gasteiger partial charge in [0.25, 0.3) is 5.91 Å². The van der Waals surface area contributed by atoms with E-state index in [0.717, 1.165) is 38.5 Å². The zero-order valence-electron chi connectivity index (χ0n) is 16.2. The van der Waals surface area contributed by atoms with Crippen molar-refractivity contribution in [1.82, 2.24) is 29.6 Å². The van der Waals surface area contributed by atoms with Gasteiger partial charge in [-0.25, -0.2) is 0 Å². The molecule has 3 aromatic rings. The predicted octanol–water partition coefficient (Wildman–Crippen LogP) is 2.78. The van der Waals surface area contributed by atoms with Gasteiger partial charge in [0.1, 0.15) is 0 Å². The molecule has 1 amide bonds. The lowest BCUT2D eigenvalue weighted by atomic mass is 10.2. The number of carbonyl (C=O) groups excluding carboxylic acids is 1. The standard InChI is InChI=1S/C20H24N6OS/c1-15(2)17-21-22-20-26(17)23-18(28-20)19(27)25-13-11-24(12-14-25)10-6-9-16-7-4-3-5-8-16/h3-9,15H,10-14H2,1-2H3/b9-6+. The van der Waals surface area contributed by atoms with Crippen LogP contribution in [0.3, 0.4) is 0 Å². The van der Waals surface area contributed by atoms with Gasteiger partial charge in [0.05, 0.1) is 0 Å². The van der Waals surface area contributed by atoms with Gasteiger partial charge in [0.2, 0.25) is 9.97 Å². The van der Waals surface area contributed by atoms with Crippen molar-refractivity contribution in [3.8, 4) is 0 Å². The highest BCUT2D eigenvalue weighted by molar-refractivity contribution is 7.18. The summed E-state index contributed by atoms with van der Waals surface area (Å²) in [6.07, 6.45) is 4.33. The highest BCUT2D eigenvalue weighted by Gasteiger charge is 2.25. The molecular formula is C20H24N6OS. The van der Waals surface area contributed by atoms with Crippen molar-refractivity contribution in [2.45, 2.75) is 19.8 Å². The summed E-state index contributed by atoms with van der Waals surface area (Å²) >= 11 is 1.31. The fraction of sp³-hybridized carbons (Fsp3) is 0.400. The maximum atomic E-state index is 12.8. The summed E-state index contributed by atoms with van der Waals surface area (Å²) in [6.45, 7) is 8.15. The van der Waals surface area contributed by atoms with Crippen molar-refractivity contribution >= 4 is 28.3 Å². The van der Waals surface area contributed by atoms with Crippen molar-refractivity contribution in [3.05, 3.63) is 52.8 Å². The summed E-state index contributed by atoms with van der Waals surface area (Å²) in [5.41, 5.74) is 1.21. The predicted molar refractivity (Wildman–Crippen MR) is 111 cm³/mol. The molecule has 7 nitrogen and oxygen atoms in total. The Balaban J connectivity index is 1.33. The Bertz CT molecular complexity index is 969. The van der Waals surface area contributed by atoms with Crippen molar-refractivity contribution in [3.63, 3.8) is 0 Å². The summed E-state index contributed by atoms with van der Waals surface area (Å²) in [4.78, 5) is 17.8. The van der Waals surface area contributed by atoms with Crippen molar-refractivity contribution in [2.24, 2.45) is 0 Å². The largest absolute Gasteiger partial charge is 0.334 e. The third-order valence-corrected chi connectivity index (χ3v) is 5.73. The van der Waals surface area contributed by atoms with Crippen LogP contribution in [0.4, 0.5) is 0 Å². The molecule has 0 bridgehead atoms. The second-order valence-corrected chi connectivity index (χ2v) is 8.18. The third-order valence-electron chi connectivity index (χ3n) is 4.85. The SMILES string of the molecule is CC(C)c1nnc2sc(C(=O)N3CCN(C/C=C/c4ccccc4)CC3)nn12. The molecule has 1 aliphatic heterocycles. The molecule has 0 atom stereocenters. The number of aromatic nitrogens is 4. The second-order valence-electron chi connectivity index (χ2n) is 7.22. The van der Waals surface area contributed by atoms with Crippen LogP contribution in [0, 0.1) is 0 Å². The van der Waals surface area contributed by atoms with Crippen LogP contribution >= 0.6 is 11.3 Å². The van der Waals surface area contributed by atoms with Gasteiger partial charge >= 0.3 is 0 Å². The van der Waals surface area contributed by atoms with Gasteiger partial charge in [0, 0.05) is 38.6 Å². The zero-order chi connectivity index (χ0) is 19.5. The van der Waals surface area contributed by atoms with E-state index in [1.54, 1.807) is 4.52 Å². The molecule has 4 rings (SSSR count). The average Bonchev–Trinajstić information content (AvgIpc) is 3.29. The van der Waals surface area contributed by atoms with Crippen LogP contribution in [0.2, 0.25) is 0 Å². The Morgan fingerprint density at radius 1 is 1.14 bits per heavy atom. The fourth-order valence-electron chi connectivity index (χ4n) is 3.25. The number of fused-ring (bicyclic) bond motifs is 1. The van der Waals surface area contributed by atoms with E-state index < -0.39 is 0 Å². The Morgan fingerprint density at radius 2 is 1.89 bits per heavy atom. The van der Waals surface area contributed by atoms with Gasteiger partial charge in [0.15, 0.2) is 5.82 Å². The van der Waals surface area contributed by atoms with E-state index in [-0.39, 0.29) is 11.8 Å². The van der Waals surface area contributed by atoms with Crippen molar-refractivity contribution < 1.29 is 4.79 Å². The van der Waals surface area contributed by atoms with Crippen molar-refractivity contribution in [2.75, 3.05) is 32.7 Å². The average molecular weight is 397 g/mol. The van der Waals surface area contributed by atoms with E-state index in [0.29, 0.717) is 9.97 Å². The summed E-state index contributed by atoms with van der Waals surface area (Å²) in [5.74, 6) is 0.998. The number of piperazine rings is 1. The van der Waals surface area contributed by atoms with Gasteiger partial charge in [-0.15, -0.1) is 15.3 Å². The lowest BCUT2D eigenvalue weighted by molar-refractivity contribution is 0.0648. The molecule has 1 aromatic carbocycles. The highest BCUT2D eigenvalue weighted by Crippen LogP contribution is 2.20. The first-order valence-electron chi connectivity index (χ1n) is 9.57. The first-order valence-corrected chi connectivity index (χ1v) is 10.4. The zero-order valence-corrected chi connectivity index (χ0v) is 17.0. The molecule has 0 N–H and O–H groups in total. The van der Waals surface area contributed by atoms with Crippen LogP contribution in [-0.2, 0) is 0 Å². The molecule has 0 unspecified atom stereocenters. The van der Waals surface area contributed by atoms with E-state index in [2.05, 4.69) is 44.5 Å². The number of amides is 1. The van der Waals surface area contributed by atoms with Crippen LogP contribution in [0.1, 0.15) is 41.0 Å². The quantitative estimate of drug-likeness (QED) is 0.663. The molecular weight excluding hydrogens is 372 g/mol. The Morgan fingerprint density at radius 3 is 2.61 bits per heavy atom. The molecule has 8 heteroatoms. The topological polar surface area (TPSA) is 66.6 Å². The first kappa shape index (κ1) is 18.8. The normalized spacial score (nSPS) is 15.9. The molecule has 3 heterocycles. The smallest absolute Gasteiger partial charge is 0.284 e. The maximum absolute atomic E-state index is 12.8. The molecule has 0 aliphatic carbocycles. The molecule has 0 radical (unpaired) electrons. The Hall–Kier alpha value is -2.58. The van der Waals surface area contributed by atoms with Crippen LogP contribution in [0.5, 0.6) is 0 Å². The van der Waals surface area contributed by atoms with Gasteiger partial charge in [-0.1, -0.05) is 67.7 Å². The molecule has 1 fully saturated rings. The Kier molecular flexibility index (Phi) is 5.50. The number of nitrogens with zero attached hydrogens (tertiary/aromatic N) is 6. The Labute approximate surface area is 168 Å². The first-order chi connectivity index (χ1) is 13.6. The van der Waals surface area contributed by atoms with Gasteiger partial charge in [-0.2, -0.15) is 4.52 Å². The molecule has 1 aliphatic rings. The fourth-order valence-corrected chi connectivity index (χ4v) is 4.06. The molecule has 1 saturated heterocycles. The minimum absolute atomic E-state index is 0.00955. The number of carbonyl (C=O) groups is 1. The summed E-state index contributed by atoms with van der Waals surface area (Å²) in [7, 11) is 0. The van der Waals surface area contributed by atoms with Crippen LogP contribution in [0.15, 0.2) is 36.4 Å². The van der Waals surface area contributed by atoms with E-state index in [4.69, 9.17) is 0 Å². The number of hydrogen-bond acceptors (Lipinski definition) is 6. The van der Waals surface area contributed by atoms with Gasteiger partial charge in [-0.3, -0.25) is 9.69 Å². The molecule has 146 valence electrons. The number of hydrogen-bond donors (Lipinski definition) is 0. The third kappa shape index (κ3) is 3.98. The van der Waals surface area contributed by atoms with Crippen LogP contribution in [-0.4, -0.2) is 68.2 Å². The van der Waals surface area contributed by atoms with E-state index in [9.17, 15) is 4.79 Å². The van der Waals surface area contributed by atoms with Gasteiger partial charge in [-0.05, 0) is 5.56 Å². The monoisotopic (exact) mass is 396 g/mol. The number of benzene rings is 1. The van der Waals surface area contributed by atoms with Crippen LogP contribution < -0.4 is 0 Å². The van der Waals surface area contributed by atoms with E-state index >= 15 is 0 Å². The molecule has 28 heavy (non-hydrogen) atoms. The van der Waals surface area contributed by atoms with Gasteiger partial charge < -0.3 is 4.90 Å². The number of rotatable bonds is 5. The molecule has 0 saturated carbocycles. The lowest BCUT2D eigenvalue weighted by Crippen LogP contribution is -2.48.